The first-order valence-corrected chi connectivity index (χ1v) is 7.20. The lowest BCUT2D eigenvalue weighted by molar-refractivity contribution is -0.111. The Labute approximate surface area is 127 Å². The van der Waals surface area contributed by atoms with Gasteiger partial charge in [-0.3, -0.25) is 0 Å². The molecule has 1 atom stereocenters. The number of hydrogen-bond acceptors (Lipinski definition) is 4. The second kappa shape index (κ2) is 4.63. The maximum atomic E-state index is 11.9. The summed E-state index contributed by atoms with van der Waals surface area (Å²) in [7, 11) is 0. The van der Waals surface area contributed by atoms with E-state index in [2.05, 4.69) is 0 Å². The zero-order chi connectivity index (χ0) is 15.2. The third kappa shape index (κ3) is 1.67. The van der Waals surface area contributed by atoms with Crippen molar-refractivity contribution in [2.24, 2.45) is 0 Å². The van der Waals surface area contributed by atoms with Crippen LogP contribution in [0.2, 0.25) is 0 Å². The van der Waals surface area contributed by atoms with Crippen molar-refractivity contribution in [1.82, 2.24) is 0 Å². The molecular weight excluding hydrogens is 280 g/mol. The minimum Gasteiger partial charge on any atom is -0.443 e. The van der Waals surface area contributed by atoms with Gasteiger partial charge in [0.25, 0.3) is 0 Å². The summed E-state index contributed by atoms with van der Waals surface area (Å²) in [6.07, 6.45) is 1.26. The largest absolute Gasteiger partial charge is 0.512 e. The Morgan fingerprint density at radius 3 is 2.77 bits per heavy atom. The van der Waals surface area contributed by atoms with Crippen LogP contribution in [-0.2, 0) is 15.3 Å². The van der Waals surface area contributed by atoms with Crippen molar-refractivity contribution in [2.45, 2.75) is 12.7 Å². The molecule has 0 bridgehead atoms. The normalized spacial score (nSPS) is 20.3. The summed E-state index contributed by atoms with van der Waals surface area (Å²) in [4.78, 5) is 11.9. The van der Waals surface area contributed by atoms with Crippen molar-refractivity contribution in [2.75, 3.05) is 6.61 Å². The summed E-state index contributed by atoms with van der Waals surface area (Å²) in [5, 5.41) is 0. The fraction of sp³-hybridized carbons (Fsp3) is 0.167. The van der Waals surface area contributed by atoms with Crippen LogP contribution in [0.5, 0.6) is 5.75 Å². The average molecular weight is 294 g/mol. The van der Waals surface area contributed by atoms with Crippen molar-refractivity contribution < 1.29 is 19.0 Å². The predicted octanol–water partition coefficient (Wildman–Crippen LogP) is 3.96. The summed E-state index contributed by atoms with van der Waals surface area (Å²) >= 11 is 0. The zero-order valence-corrected chi connectivity index (χ0v) is 12.0. The van der Waals surface area contributed by atoms with Crippen LogP contribution in [0.4, 0.5) is 4.79 Å². The van der Waals surface area contributed by atoms with Gasteiger partial charge in [0.2, 0.25) is 0 Å². The molecule has 4 rings (SSSR count). The number of fused-ring (bicyclic) bond motifs is 5. The number of para-hydroxylation sites is 1. The van der Waals surface area contributed by atoms with Gasteiger partial charge in [-0.15, -0.1) is 0 Å². The molecule has 4 heteroatoms. The lowest BCUT2D eigenvalue weighted by atomic mass is 9.99. The molecule has 2 aliphatic rings. The minimum absolute atomic E-state index is 0.253. The molecule has 2 aromatic rings. The minimum atomic E-state index is -1.24. The molecule has 1 aliphatic heterocycles. The van der Waals surface area contributed by atoms with E-state index in [1.54, 1.807) is 6.92 Å². The van der Waals surface area contributed by atoms with E-state index < -0.39 is 11.9 Å². The second-order valence-corrected chi connectivity index (χ2v) is 5.15. The van der Waals surface area contributed by atoms with Gasteiger partial charge in [-0.1, -0.05) is 42.5 Å². The highest BCUT2D eigenvalue weighted by atomic mass is 16.8. The standard InChI is InChI=1S/C18H14O4/c1-2-20-17(19)22-18-14-9-5-3-7-12(14)11-15(18)13-8-4-6-10-16(13)21-18/h3-11H,2H2,1H3. The van der Waals surface area contributed by atoms with Gasteiger partial charge in [0.15, 0.2) is 0 Å². The van der Waals surface area contributed by atoms with Gasteiger partial charge in [-0.05, 0) is 24.6 Å². The molecule has 110 valence electrons. The lowest BCUT2D eigenvalue weighted by Crippen LogP contribution is -2.35. The Balaban J connectivity index is 1.86. The van der Waals surface area contributed by atoms with Gasteiger partial charge in [0.05, 0.1) is 12.2 Å². The molecule has 0 N–H and O–H groups in total. The van der Waals surface area contributed by atoms with Crippen LogP contribution in [0.1, 0.15) is 23.6 Å². The third-order valence-corrected chi connectivity index (χ3v) is 3.89. The quantitative estimate of drug-likeness (QED) is 0.786. The van der Waals surface area contributed by atoms with Crippen molar-refractivity contribution in [1.29, 1.82) is 0 Å². The number of rotatable bonds is 2. The van der Waals surface area contributed by atoms with Crippen molar-refractivity contribution in [3.05, 3.63) is 65.2 Å². The molecule has 22 heavy (non-hydrogen) atoms. The number of hydrogen-bond donors (Lipinski definition) is 0. The van der Waals surface area contributed by atoms with E-state index in [9.17, 15) is 4.79 Å². The number of ether oxygens (including phenoxy) is 3. The maximum absolute atomic E-state index is 11.9. The Morgan fingerprint density at radius 2 is 1.91 bits per heavy atom. The topological polar surface area (TPSA) is 44.8 Å². The summed E-state index contributed by atoms with van der Waals surface area (Å²) in [5.41, 5.74) is 3.56. The summed E-state index contributed by atoms with van der Waals surface area (Å²) in [6.45, 7) is 1.99. The fourth-order valence-electron chi connectivity index (χ4n) is 3.01. The maximum Gasteiger partial charge on any atom is 0.512 e. The molecule has 0 saturated heterocycles. The monoisotopic (exact) mass is 294 g/mol. The van der Waals surface area contributed by atoms with Gasteiger partial charge < -0.3 is 14.2 Å². The van der Waals surface area contributed by atoms with Crippen LogP contribution in [0.15, 0.2) is 48.5 Å². The predicted molar refractivity (Wildman–Crippen MR) is 81.2 cm³/mol. The summed E-state index contributed by atoms with van der Waals surface area (Å²) in [6, 6.07) is 15.4. The SMILES string of the molecule is CCOC(=O)OC12Oc3ccccc3C1=Cc1ccccc12. The molecule has 1 heterocycles. The van der Waals surface area contributed by atoms with Crippen LogP contribution in [0.25, 0.3) is 11.6 Å². The molecule has 1 unspecified atom stereocenters. The highest BCUT2D eigenvalue weighted by Crippen LogP contribution is 2.55. The van der Waals surface area contributed by atoms with Gasteiger partial charge in [-0.2, -0.15) is 0 Å². The first-order chi connectivity index (χ1) is 10.7. The van der Waals surface area contributed by atoms with E-state index in [0.717, 1.165) is 22.3 Å². The van der Waals surface area contributed by atoms with Crippen LogP contribution in [-0.4, -0.2) is 12.8 Å². The van der Waals surface area contributed by atoms with Crippen LogP contribution >= 0.6 is 0 Å². The molecule has 0 radical (unpaired) electrons. The molecule has 0 amide bonds. The van der Waals surface area contributed by atoms with Crippen molar-refractivity contribution in [3.8, 4) is 5.75 Å². The van der Waals surface area contributed by atoms with Crippen LogP contribution < -0.4 is 4.74 Å². The molecule has 0 aromatic heterocycles. The molecule has 0 fully saturated rings. The van der Waals surface area contributed by atoms with E-state index >= 15 is 0 Å². The number of benzene rings is 2. The Hall–Kier alpha value is -2.75. The highest BCUT2D eigenvalue weighted by molar-refractivity contribution is 5.97. The van der Waals surface area contributed by atoms with E-state index in [0.29, 0.717) is 5.75 Å². The van der Waals surface area contributed by atoms with Gasteiger partial charge >= 0.3 is 11.9 Å². The van der Waals surface area contributed by atoms with Crippen LogP contribution in [0, 0.1) is 0 Å². The van der Waals surface area contributed by atoms with Crippen molar-refractivity contribution >= 4 is 17.8 Å². The first kappa shape index (κ1) is 13.0. The molecule has 1 aliphatic carbocycles. The smallest absolute Gasteiger partial charge is 0.443 e. The number of carbonyl (C=O) groups is 1. The number of carbonyl (C=O) groups excluding carboxylic acids is 1. The van der Waals surface area contributed by atoms with Gasteiger partial charge in [-0.25, -0.2) is 4.79 Å². The van der Waals surface area contributed by atoms with E-state index in [1.807, 2.05) is 54.6 Å². The Bertz CT molecular complexity index is 793. The Kier molecular flexibility index (Phi) is 2.73. The van der Waals surface area contributed by atoms with Crippen molar-refractivity contribution in [3.63, 3.8) is 0 Å². The van der Waals surface area contributed by atoms with E-state index in [1.165, 1.54) is 0 Å². The van der Waals surface area contributed by atoms with E-state index in [-0.39, 0.29) is 6.61 Å². The zero-order valence-electron chi connectivity index (χ0n) is 12.0. The fourth-order valence-corrected chi connectivity index (χ4v) is 3.01. The van der Waals surface area contributed by atoms with Crippen LogP contribution in [0.3, 0.4) is 0 Å². The van der Waals surface area contributed by atoms with Gasteiger partial charge in [0, 0.05) is 11.1 Å². The molecule has 2 aromatic carbocycles. The second-order valence-electron chi connectivity index (χ2n) is 5.15. The molecule has 0 saturated carbocycles. The summed E-state index contributed by atoms with van der Waals surface area (Å²) in [5.74, 6) is -0.542. The van der Waals surface area contributed by atoms with E-state index in [4.69, 9.17) is 14.2 Å². The first-order valence-electron chi connectivity index (χ1n) is 7.20. The summed E-state index contributed by atoms with van der Waals surface area (Å²) < 4.78 is 16.6. The molecular formula is C18H14O4. The third-order valence-electron chi connectivity index (χ3n) is 3.89. The van der Waals surface area contributed by atoms with Gasteiger partial charge in [0.1, 0.15) is 5.75 Å². The lowest BCUT2D eigenvalue weighted by Gasteiger charge is -2.27. The highest BCUT2D eigenvalue weighted by Gasteiger charge is 2.54. The Morgan fingerprint density at radius 1 is 1.14 bits per heavy atom. The molecule has 0 spiro atoms. The molecule has 4 nitrogen and oxygen atoms in total. The average Bonchev–Trinajstić information content (AvgIpc) is 2.98.